The van der Waals surface area contributed by atoms with Crippen molar-refractivity contribution in [1.82, 2.24) is 15.0 Å². The van der Waals surface area contributed by atoms with E-state index >= 15 is 0 Å². The average molecular weight is 469 g/mol. The fraction of sp³-hybridized carbons (Fsp3) is 0.107. The molecule has 2 heterocycles. The zero-order valence-corrected chi connectivity index (χ0v) is 19.4. The summed E-state index contributed by atoms with van der Waals surface area (Å²) in [6.07, 6.45) is 13.2. The van der Waals surface area contributed by atoms with Gasteiger partial charge < -0.3 is 5.32 Å². The van der Waals surface area contributed by atoms with Crippen LogP contribution in [-0.4, -0.2) is 15.0 Å². The molecule has 0 unspecified atom stereocenters. The zero-order valence-electron chi connectivity index (χ0n) is 18.6. The first-order chi connectivity index (χ1) is 16.6. The Labute approximate surface area is 202 Å². The van der Waals surface area contributed by atoms with Crippen LogP contribution in [0.15, 0.2) is 91.1 Å². The van der Waals surface area contributed by atoms with Gasteiger partial charge in [0.15, 0.2) is 0 Å². The Morgan fingerprint density at radius 2 is 1.91 bits per heavy atom. The highest BCUT2D eigenvalue weighted by atomic mass is 35.5. The van der Waals surface area contributed by atoms with Gasteiger partial charge in [0.2, 0.25) is 0 Å². The number of hydrogen-bond donors (Lipinski definition) is 1. The molecule has 5 rings (SSSR count). The fourth-order valence-electron chi connectivity index (χ4n) is 4.19. The van der Waals surface area contributed by atoms with Crippen molar-refractivity contribution in [3.05, 3.63) is 113 Å². The third-order valence-electron chi connectivity index (χ3n) is 5.86. The van der Waals surface area contributed by atoms with Crippen LogP contribution in [0, 0.1) is 5.82 Å². The molecule has 0 radical (unpaired) electrons. The molecule has 4 aromatic rings. The van der Waals surface area contributed by atoms with E-state index in [0.29, 0.717) is 5.82 Å². The number of rotatable bonds is 4. The minimum Gasteiger partial charge on any atom is -0.338 e. The van der Waals surface area contributed by atoms with Crippen molar-refractivity contribution in [3.8, 4) is 0 Å². The quantitative estimate of drug-likeness (QED) is 0.332. The number of hydrogen-bond acceptors (Lipinski definition) is 4. The molecule has 1 aliphatic carbocycles. The van der Waals surface area contributed by atoms with E-state index in [9.17, 15) is 4.39 Å². The molecule has 4 nitrogen and oxygen atoms in total. The van der Waals surface area contributed by atoms with Crippen LogP contribution < -0.4 is 5.32 Å². The minimum atomic E-state index is -0.422. The summed E-state index contributed by atoms with van der Waals surface area (Å²) in [4.78, 5) is 13.1. The molecule has 0 saturated heterocycles. The van der Waals surface area contributed by atoms with Crippen molar-refractivity contribution in [2.24, 2.45) is 0 Å². The third kappa shape index (κ3) is 4.47. The lowest BCUT2D eigenvalue weighted by Crippen LogP contribution is -1.99. The molecule has 0 atom stereocenters. The topological polar surface area (TPSA) is 50.7 Å². The van der Waals surface area contributed by atoms with Crippen molar-refractivity contribution in [3.63, 3.8) is 0 Å². The summed E-state index contributed by atoms with van der Waals surface area (Å²) in [5, 5.41) is 4.36. The average Bonchev–Trinajstić information content (AvgIpc) is 2.84. The van der Waals surface area contributed by atoms with E-state index in [1.165, 1.54) is 11.6 Å². The molecule has 0 saturated carbocycles. The number of anilines is 2. The Balaban J connectivity index is 1.66. The summed E-state index contributed by atoms with van der Waals surface area (Å²) >= 11 is 6.16. The van der Waals surface area contributed by atoms with E-state index in [1.807, 2.05) is 18.2 Å². The van der Waals surface area contributed by atoms with Crippen LogP contribution in [0.2, 0.25) is 5.02 Å². The van der Waals surface area contributed by atoms with E-state index in [1.54, 1.807) is 30.9 Å². The Morgan fingerprint density at radius 1 is 1.03 bits per heavy atom. The number of aromatic nitrogens is 3. The van der Waals surface area contributed by atoms with Crippen LogP contribution in [0.25, 0.3) is 22.0 Å². The molecule has 0 spiro atoms. The summed E-state index contributed by atoms with van der Waals surface area (Å²) < 4.78 is 13.9. The van der Waals surface area contributed by atoms with Gasteiger partial charge in [-0.3, -0.25) is 4.98 Å². The van der Waals surface area contributed by atoms with Crippen molar-refractivity contribution in [2.75, 3.05) is 5.32 Å². The lowest BCUT2D eigenvalue weighted by molar-refractivity contribution is 0.628. The molecule has 6 heteroatoms. The normalized spacial score (nSPS) is 14.0. The number of pyridine rings is 1. The molecule has 0 aliphatic heterocycles. The molecule has 34 heavy (non-hydrogen) atoms. The first-order valence-corrected chi connectivity index (χ1v) is 11.4. The second-order valence-corrected chi connectivity index (χ2v) is 8.56. The molecule has 168 valence electrons. The van der Waals surface area contributed by atoms with Crippen molar-refractivity contribution < 1.29 is 4.39 Å². The maximum absolute atomic E-state index is 13.9. The largest absolute Gasteiger partial charge is 0.338 e. The van der Waals surface area contributed by atoms with Gasteiger partial charge in [0.1, 0.15) is 18.0 Å². The molecule has 0 bridgehead atoms. The summed E-state index contributed by atoms with van der Waals surface area (Å²) in [6, 6.07) is 14.9. The van der Waals surface area contributed by atoms with Crippen LogP contribution in [-0.2, 0) is 0 Å². The first-order valence-electron chi connectivity index (χ1n) is 11.0. The number of allylic oxidation sites excluding steroid dienone is 6. The molecular formula is C28H22ClFN4. The van der Waals surface area contributed by atoms with E-state index < -0.39 is 5.82 Å². The summed E-state index contributed by atoms with van der Waals surface area (Å²) in [7, 11) is 0. The Hall–Kier alpha value is -3.83. The van der Waals surface area contributed by atoms with Gasteiger partial charge >= 0.3 is 0 Å². The SMILES string of the molecule is CC1=C(c2ccc(F)c(Cl)c2)C(c2ccc3ncnc(Nc4cccnc4)c3c2)=CC=CCC1. The second kappa shape index (κ2) is 9.57. The van der Waals surface area contributed by atoms with Gasteiger partial charge in [-0.05, 0) is 78.4 Å². The fourth-order valence-corrected chi connectivity index (χ4v) is 4.37. The van der Waals surface area contributed by atoms with Crippen LogP contribution in [0.3, 0.4) is 0 Å². The zero-order chi connectivity index (χ0) is 23.5. The molecule has 2 aromatic heterocycles. The number of nitrogens with one attached hydrogen (secondary N) is 1. The third-order valence-corrected chi connectivity index (χ3v) is 6.15. The lowest BCUT2D eigenvalue weighted by atomic mass is 9.86. The maximum atomic E-state index is 13.9. The first kappa shape index (κ1) is 22.0. The predicted octanol–water partition coefficient (Wildman–Crippen LogP) is 7.77. The number of benzene rings is 2. The van der Waals surface area contributed by atoms with Gasteiger partial charge in [0, 0.05) is 11.6 Å². The van der Waals surface area contributed by atoms with Gasteiger partial charge in [0.25, 0.3) is 0 Å². The monoisotopic (exact) mass is 468 g/mol. The van der Waals surface area contributed by atoms with Crippen LogP contribution in [0.1, 0.15) is 30.9 Å². The minimum absolute atomic E-state index is 0.115. The van der Waals surface area contributed by atoms with Crippen molar-refractivity contribution >= 4 is 45.2 Å². The Morgan fingerprint density at radius 3 is 2.74 bits per heavy atom. The molecule has 0 amide bonds. The standard InChI is InChI=1S/C28H22ClFN4/c1-18-6-3-2-4-8-22(27(18)20-9-11-25(30)24(29)15-20)19-10-12-26-23(14-19)28(33-17-32-26)34-21-7-5-13-31-16-21/h2,4-5,7-17H,3,6H2,1H3,(H,32,33,34). The highest BCUT2D eigenvalue weighted by molar-refractivity contribution is 6.31. The summed E-state index contributed by atoms with van der Waals surface area (Å²) in [5.41, 5.74) is 6.90. The number of halogens is 2. The van der Waals surface area contributed by atoms with Crippen molar-refractivity contribution in [2.45, 2.75) is 19.8 Å². The molecule has 1 N–H and O–H groups in total. The predicted molar refractivity (Wildman–Crippen MR) is 137 cm³/mol. The lowest BCUT2D eigenvalue weighted by Gasteiger charge is -2.19. The van der Waals surface area contributed by atoms with Gasteiger partial charge in [-0.15, -0.1) is 0 Å². The van der Waals surface area contributed by atoms with Crippen LogP contribution in [0.5, 0.6) is 0 Å². The van der Waals surface area contributed by atoms with Gasteiger partial charge in [-0.25, -0.2) is 14.4 Å². The van der Waals surface area contributed by atoms with Gasteiger partial charge in [0.05, 0.1) is 22.4 Å². The van der Waals surface area contributed by atoms with E-state index in [2.05, 4.69) is 57.6 Å². The molecule has 1 aliphatic rings. The maximum Gasteiger partial charge on any atom is 0.141 e. The molecule has 2 aromatic carbocycles. The van der Waals surface area contributed by atoms with E-state index in [4.69, 9.17) is 11.6 Å². The van der Waals surface area contributed by atoms with Crippen molar-refractivity contribution in [1.29, 1.82) is 0 Å². The number of nitrogens with zero attached hydrogens (tertiary/aromatic N) is 3. The smallest absolute Gasteiger partial charge is 0.141 e. The Bertz CT molecular complexity index is 1460. The number of fused-ring (bicyclic) bond motifs is 1. The van der Waals surface area contributed by atoms with Crippen LogP contribution in [0.4, 0.5) is 15.9 Å². The second-order valence-electron chi connectivity index (χ2n) is 8.15. The summed E-state index contributed by atoms with van der Waals surface area (Å²) in [6.45, 7) is 2.12. The summed E-state index contributed by atoms with van der Waals surface area (Å²) in [5.74, 6) is 0.280. The Kier molecular flexibility index (Phi) is 6.19. The van der Waals surface area contributed by atoms with Gasteiger partial charge in [-0.2, -0.15) is 0 Å². The van der Waals surface area contributed by atoms with E-state index in [0.717, 1.165) is 51.7 Å². The molecular weight excluding hydrogens is 447 g/mol. The highest BCUT2D eigenvalue weighted by Gasteiger charge is 2.17. The molecule has 0 fully saturated rings. The van der Waals surface area contributed by atoms with Crippen LogP contribution >= 0.6 is 11.6 Å². The van der Waals surface area contributed by atoms with Gasteiger partial charge in [-0.1, -0.05) is 47.5 Å². The highest BCUT2D eigenvalue weighted by Crippen LogP contribution is 2.39. The van der Waals surface area contributed by atoms with E-state index in [-0.39, 0.29) is 5.02 Å².